The van der Waals surface area contributed by atoms with Crippen LogP contribution < -0.4 is 5.32 Å². The number of carbonyl (C=O) groups excluding carboxylic acids is 1. The lowest BCUT2D eigenvalue weighted by Gasteiger charge is -2.06. The van der Waals surface area contributed by atoms with E-state index in [2.05, 4.69) is 21.2 Å². The number of alkyl halides is 3. The van der Waals surface area contributed by atoms with Gasteiger partial charge in [-0.05, 0) is 42.0 Å². The molecule has 0 fully saturated rings. The molecule has 23 heavy (non-hydrogen) atoms. The first kappa shape index (κ1) is 17.3. The monoisotopic (exact) mass is 383 g/mol. The number of nitrogens with one attached hydrogen (secondary N) is 1. The minimum absolute atomic E-state index is 0.213. The highest BCUT2D eigenvalue weighted by Gasteiger charge is 2.29. The van der Waals surface area contributed by atoms with Crippen molar-refractivity contribution >= 4 is 27.9 Å². The summed E-state index contributed by atoms with van der Waals surface area (Å²) in [5.41, 5.74) is 0.491. The number of benzene rings is 2. The van der Waals surface area contributed by atoms with Crippen molar-refractivity contribution in [1.82, 2.24) is 5.32 Å². The average Bonchev–Trinajstić information content (AvgIpc) is 2.51. The Morgan fingerprint density at radius 1 is 1.04 bits per heavy atom. The molecule has 2 nitrogen and oxygen atoms in total. The van der Waals surface area contributed by atoms with Gasteiger partial charge >= 0.3 is 6.18 Å². The zero-order chi connectivity index (χ0) is 16.9. The number of halogens is 4. The first-order valence-electron chi connectivity index (χ1n) is 6.74. The first-order chi connectivity index (χ1) is 10.9. The summed E-state index contributed by atoms with van der Waals surface area (Å²) >= 11 is 3.29. The van der Waals surface area contributed by atoms with E-state index in [-0.39, 0.29) is 12.5 Å². The molecule has 6 heteroatoms. The number of hydrogen-bond acceptors (Lipinski definition) is 1. The third-order valence-electron chi connectivity index (χ3n) is 3.04. The topological polar surface area (TPSA) is 29.1 Å². The summed E-state index contributed by atoms with van der Waals surface area (Å²) in [5, 5.41) is 2.70. The molecule has 2 aromatic carbocycles. The van der Waals surface area contributed by atoms with E-state index in [1.54, 1.807) is 36.4 Å². The van der Waals surface area contributed by atoms with Crippen molar-refractivity contribution in [1.29, 1.82) is 0 Å². The smallest absolute Gasteiger partial charge is 0.349 e. The van der Waals surface area contributed by atoms with Crippen LogP contribution in [-0.2, 0) is 6.18 Å². The Bertz CT molecular complexity index is 691. The van der Waals surface area contributed by atoms with E-state index in [0.29, 0.717) is 11.1 Å². The van der Waals surface area contributed by atoms with Crippen LogP contribution in [0.4, 0.5) is 13.2 Å². The molecule has 2 rings (SSSR count). The molecule has 0 radical (unpaired) electrons. The minimum atomic E-state index is -4.33. The lowest BCUT2D eigenvalue weighted by atomic mass is 10.1. The SMILES string of the molecule is O=C(NC/C=C/c1ccc(C(F)(F)F)cc1)c1ccc(Br)cc1. The molecule has 1 amide bonds. The molecule has 0 saturated carbocycles. The zero-order valence-corrected chi connectivity index (χ0v) is 13.5. The van der Waals surface area contributed by atoms with Crippen molar-refractivity contribution in [3.05, 3.63) is 75.8 Å². The van der Waals surface area contributed by atoms with Crippen LogP contribution in [0.1, 0.15) is 21.5 Å². The van der Waals surface area contributed by atoms with Crippen LogP contribution in [0.2, 0.25) is 0 Å². The number of rotatable bonds is 4. The highest BCUT2D eigenvalue weighted by atomic mass is 79.9. The van der Waals surface area contributed by atoms with E-state index in [4.69, 9.17) is 0 Å². The maximum Gasteiger partial charge on any atom is 0.416 e. The molecule has 0 unspecified atom stereocenters. The second kappa shape index (κ2) is 7.46. The van der Waals surface area contributed by atoms with Gasteiger partial charge in [0, 0.05) is 16.6 Å². The van der Waals surface area contributed by atoms with Gasteiger partial charge in [0.05, 0.1) is 5.56 Å². The van der Waals surface area contributed by atoms with Crippen molar-refractivity contribution in [3.8, 4) is 0 Å². The zero-order valence-electron chi connectivity index (χ0n) is 11.9. The Kier molecular flexibility index (Phi) is 5.60. The van der Waals surface area contributed by atoms with Gasteiger partial charge in [-0.1, -0.05) is 40.2 Å². The molecule has 0 aromatic heterocycles. The molecule has 2 aromatic rings. The van der Waals surface area contributed by atoms with E-state index in [9.17, 15) is 18.0 Å². The van der Waals surface area contributed by atoms with Gasteiger partial charge in [0.2, 0.25) is 0 Å². The lowest BCUT2D eigenvalue weighted by molar-refractivity contribution is -0.137. The van der Waals surface area contributed by atoms with Crippen molar-refractivity contribution in [3.63, 3.8) is 0 Å². The van der Waals surface area contributed by atoms with E-state index in [1.165, 1.54) is 12.1 Å². The summed E-state index contributed by atoms with van der Waals surface area (Å²) in [6, 6.07) is 11.8. The van der Waals surface area contributed by atoms with Crippen LogP contribution >= 0.6 is 15.9 Å². The third-order valence-corrected chi connectivity index (χ3v) is 3.56. The largest absolute Gasteiger partial charge is 0.416 e. The van der Waals surface area contributed by atoms with Crippen LogP contribution in [0.3, 0.4) is 0 Å². The maximum atomic E-state index is 12.4. The van der Waals surface area contributed by atoms with Gasteiger partial charge < -0.3 is 5.32 Å². The predicted octanol–water partition coefficient (Wildman–Crippen LogP) is 4.91. The van der Waals surface area contributed by atoms with E-state index in [1.807, 2.05) is 0 Å². The van der Waals surface area contributed by atoms with Crippen molar-refractivity contribution in [2.45, 2.75) is 6.18 Å². The van der Waals surface area contributed by atoms with Crippen molar-refractivity contribution in [2.24, 2.45) is 0 Å². The van der Waals surface area contributed by atoms with Gasteiger partial charge in [0.1, 0.15) is 0 Å². The summed E-state index contributed by atoms with van der Waals surface area (Å²) in [6.07, 6.45) is -0.998. The van der Waals surface area contributed by atoms with Gasteiger partial charge in [-0.25, -0.2) is 0 Å². The Labute approximate surface area is 140 Å². The summed E-state index contributed by atoms with van der Waals surface area (Å²) in [5.74, 6) is -0.213. The Balaban J connectivity index is 1.87. The normalized spacial score (nSPS) is 11.7. The molecule has 120 valence electrons. The van der Waals surface area contributed by atoms with Gasteiger partial charge in [-0.3, -0.25) is 4.79 Å². The van der Waals surface area contributed by atoms with Crippen LogP contribution in [0.25, 0.3) is 6.08 Å². The number of carbonyl (C=O) groups is 1. The summed E-state index contributed by atoms with van der Waals surface area (Å²) in [4.78, 5) is 11.8. The molecule has 0 heterocycles. The third kappa shape index (κ3) is 5.25. The van der Waals surface area contributed by atoms with E-state index in [0.717, 1.165) is 16.6 Å². The molecular formula is C17H13BrF3NO. The Morgan fingerprint density at radius 3 is 2.22 bits per heavy atom. The average molecular weight is 384 g/mol. The molecule has 0 saturated heterocycles. The van der Waals surface area contributed by atoms with E-state index >= 15 is 0 Å². The quantitative estimate of drug-likeness (QED) is 0.798. The summed E-state index contributed by atoms with van der Waals surface area (Å²) < 4.78 is 38.2. The molecule has 0 aliphatic rings. The second-order valence-corrected chi connectivity index (χ2v) is 5.65. The Hall–Kier alpha value is -2.08. The Morgan fingerprint density at radius 2 is 1.65 bits per heavy atom. The van der Waals surface area contributed by atoms with Gasteiger partial charge in [0.15, 0.2) is 0 Å². The molecule has 0 spiro atoms. The van der Waals surface area contributed by atoms with Crippen LogP contribution in [0.15, 0.2) is 59.1 Å². The van der Waals surface area contributed by atoms with Crippen LogP contribution in [-0.4, -0.2) is 12.5 Å². The summed E-state index contributed by atoms with van der Waals surface area (Å²) in [7, 11) is 0. The molecule has 0 aliphatic heterocycles. The van der Waals surface area contributed by atoms with E-state index < -0.39 is 11.7 Å². The van der Waals surface area contributed by atoms with Crippen LogP contribution in [0.5, 0.6) is 0 Å². The maximum absolute atomic E-state index is 12.4. The van der Waals surface area contributed by atoms with Gasteiger partial charge in [-0.2, -0.15) is 13.2 Å². The standard InChI is InChI=1S/C17H13BrF3NO/c18-15-9-5-13(6-10-15)16(23)22-11-1-2-12-3-7-14(8-4-12)17(19,20)21/h1-10H,11H2,(H,22,23)/b2-1+. The predicted molar refractivity (Wildman–Crippen MR) is 87.0 cm³/mol. The fourth-order valence-corrected chi connectivity index (χ4v) is 2.10. The minimum Gasteiger partial charge on any atom is -0.349 e. The van der Waals surface area contributed by atoms with Crippen molar-refractivity contribution < 1.29 is 18.0 Å². The molecule has 0 bridgehead atoms. The second-order valence-electron chi connectivity index (χ2n) is 4.74. The fraction of sp³-hybridized carbons (Fsp3) is 0.118. The van der Waals surface area contributed by atoms with Crippen molar-refractivity contribution in [2.75, 3.05) is 6.54 Å². The molecule has 1 N–H and O–H groups in total. The van der Waals surface area contributed by atoms with Gasteiger partial charge in [0.25, 0.3) is 5.91 Å². The summed E-state index contributed by atoms with van der Waals surface area (Å²) in [6.45, 7) is 0.288. The fourth-order valence-electron chi connectivity index (χ4n) is 1.83. The van der Waals surface area contributed by atoms with Gasteiger partial charge in [-0.15, -0.1) is 0 Å². The molecule has 0 aliphatic carbocycles. The molecular weight excluding hydrogens is 371 g/mol. The first-order valence-corrected chi connectivity index (χ1v) is 7.53. The highest BCUT2D eigenvalue weighted by molar-refractivity contribution is 9.10. The lowest BCUT2D eigenvalue weighted by Crippen LogP contribution is -2.23. The number of hydrogen-bond donors (Lipinski definition) is 1. The highest BCUT2D eigenvalue weighted by Crippen LogP contribution is 2.29. The molecule has 0 atom stereocenters. The number of amides is 1. The van der Waals surface area contributed by atoms with Crippen LogP contribution in [0, 0.1) is 0 Å².